The zero-order valence-corrected chi connectivity index (χ0v) is 12.4. The molecule has 0 unspecified atom stereocenters. The van der Waals surface area contributed by atoms with Crippen LogP contribution >= 0.6 is 15.9 Å². The number of ether oxygens (including phenoxy) is 1. The van der Waals surface area contributed by atoms with Crippen molar-refractivity contribution >= 4 is 21.9 Å². The Bertz CT molecular complexity index is 751. The van der Waals surface area contributed by atoms with E-state index in [9.17, 15) is 9.59 Å². The SMILES string of the molecule is Cc1cc2c(c(=O)[nH]1)[C@H](c1cccc(Br)c1)CC(=O)O2. The monoisotopic (exact) mass is 333 g/mol. The normalized spacial score (nSPS) is 17.5. The number of aryl methyl sites for hydroxylation is 1. The van der Waals surface area contributed by atoms with E-state index in [1.165, 1.54) is 0 Å². The van der Waals surface area contributed by atoms with Crippen LogP contribution in [0.3, 0.4) is 0 Å². The van der Waals surface area contributed by atoms with E-state index in [0.717, 1.165) is 10.0 Å². The topological polar surface area (TPSA) is 59.2 Å². The minimum atomic E-state index is -0.313. The fourth-order valence-electron chi connectivity index (χ4n) is 2.52. The molecule has 0 aliphatic carbocycles. The van der Waals surface area contributed by atoms with E-state index in [2.05, 4.69) is 20.9 Å². The predicted octanol–water partition coefficient (Wildman–Crippen LogP) is 2.89. The van der Waals surface area contributed by atoms with Crippen LogP contribution in [0.2, 0.25) is 0 Å². The molecule has 0 saturated heterocycles. The van der Waals surface area contributed by atoms with Crippen molar-refractivity contribution in [1.82, 2.24) is 4.98 Å². The van der Waals surface area contributed by atoms with E-state index in [1.807, 2.05) is 24.3 Å². The number of aromatic nitrogens is 1. The Kier molecular flexibility index (Phi) is 3.22. The van der Waals surface area contributed by atoms with E-state index in [4.69, 9.17) is 4.74 Å². The van der Waals surface area contributed by atoms with Gasteiger partial charge in [-0.2, -0.15) is 0 Å². The third kappa shape index (κ3) is 2.29. The van der Waals surface area contributed by atoms with E-state index in [1.54, 1.807) is 13.0 Å². The lowest BCUT2D eigenvalue weighted by Gasteiger charge is -2.24. The van der Waals surface area contributed by atoms with Crippen LogP contribution in [0.5, 0.6) is 5.75 Å². The highest BCUT2D eigenvalue weighted by atomic mass is 79.9. The van der Waals surface area contributed by atoms with Crippen LogP contribution in [-0.2, 0) is 4.79 Å². The first-order chi connectivity index (χ1) is 9.54. The number of hydrogen-bond acceptors (Lipinski definition) is 3. The van der Waals surface area contributed by atoms with Crippen molar-refractivity contribution < 1.29 is 9.53 Å². The minimum absolute atomic E-state index is 0.176. The van der Waals surface area contributed by atoms with E-state index in [0.29, 0.717) is 17.0 Å². The molecule has 0 radical (unpaired) electrons. The van der Waals surface area contributed by atoms with E-state index >= 15 is 0 Å². The molecule has 2 aromatic rings. The summed E-state index contributed by atoms with van der Waals surface area (Å²) in [7, 11) is 0. The summed E-state index contributed by atoms with van der Waals surface area (Å²) in [6, 6.07) is 9.33. The fraction of sp³-hybridized carbons (Fsp3) is 0.200. The Morgan fingerprint density at radius 1 is 1.30 bits per heavy atom. The summed E-state index contributed by atoms with van der Waals surface area (Å²) < 4.78 is 6.12. The first kappa shape index (κ1) is 13.1. The number of benzene rings is 1. The molecule has 1 aromatic heterocycles. The van der Waals surface area contributed by atoms with Crippen molar-refractivity contribution in [3.05, 3.63) is 62.0 Å². The van der Waals surface area contributed by atoms with Gasteiger partial charge in [-0.3, -0.25) is 9.59 Å². The highest BCUT2D eigenvalue weighted by Gasteiger charge is 2.31. The van der Waals surface area contributed by atoms with Crippen LogP contribution in [-0.4, -0.2) is 11.0 Å². The number of H-pyrrole nitrogens is 1. The number of pyridine rings is 1. The molecule has 1 aliphatic heterocycles. The molecule has 0 bridgehead atoms. The van der Waals surface area contributed by atoms with Gasteiger partial charge in [0.05, 0.1) is 12.0 Å². The summed E-state index contributed by atoms with van der Waals surface area (Å²) in [6.07, 6.45) is 0.176. The average molecular weight is 334 g/mol. The van der Waals surface area contributed by atoms with Gasteiger partial charge >= 0.3 is 5.97 Å². The van der Waals surface area contributed by atoms with Crippen molar-refractivity contribution in [2.45, 2.75) is 19.3 Å². The summed E-state index contributed by atoms with van der Waals surface area (Å²) in [5.41, 5.74) is 1.92. The van der Waals surface area contributed by atoms with Gasteiger partial charge in [0.1, 0.15) is 5.75 Å². The zero-order chi connectivity index (χ0) is 14.3. The Morgan fingerprint density at radius 3 is 2.85 bits per heavy atom. The Balaban J connectivity index is 2.20. The summed E-state index contributed by atoms with van der Waals surface area (Å²) in [4.78, 5) is 26.7. The number of rotatable bonds is 1. The lowest BCUT2D eigenvalue weighted by Crippen LogP contribution is -2.28. The Labute approximate surface area is 123 Å². The van der Waals surface area contributed by atoms with Gasteiger partial charge in [-0.1, -0.05) is 28.1 Å². The molecular weight excluding hydrogens is 322 g/mol. The quantitative estimate of drug-likeness (QED) is 0.816. The maximum absolute atomic E-state index is 12.2. The third-order valence-electron chi connectivity index (χ3n) is 3.36. The third-order valence-corrected chi connectivity index (χ3v) is 3.86. The molecule has 5 heteroatoms. The zero-order valence-electron chi connectivity index (χ0n) is 10.8. The molecule has 0 fully saturated rings. The van der Waals surface area contributed by atoms with Crippen molar-refractivity contribution in [2.24, 2.45) is 0 Å². The molecule has 1 N–H and O–H groups in total. The van der Waals surface area contributed by atoms with Gasteiger partial charge in [0.2, 0.25) is 0 Å². The molecule has 0 saturated carbocycles. The number of carbonyl (C=O) groups is 1. The summed E-state index contributed by atoms with van der Waals surface area (Å²) in [5, 5.41) is 0. The van der Waals surface area contributed by atoms with E-state index in [-0.39, 0.29) is 23.9 Å². The predicted molar refractivity (Wildman–Crippen MR) is 78.0 cm³/mol. The number of fused-ring (bicyclic) bond motifs is 1. The molecular formula is C15H12BrNO3. The summed E-state index contributed by atoms with van der Waals surface area (Å²) >= 11 is 3.41. The van der Waals surface area contributed by atoms with Crippen molar-refractivity contribution in [3.63, 3.8) is 0 Å². The molecule has 0 amide bonds. The maximum atomic E-state index is 12.2. The average Bonchev–Trinajstić information content (AvgIpc) is 2.36. The molecule has 2 heterocycles. The molecule has 1 aliphatic rings. The molecule has 4 nitrogen and oxygen atoms in total. The highest BCUT2D eigenvalue weighted by Crippen LogP contribution is 2.37. The van der Waals surface area contributed by atoms with Gasteiger partial charge in [-0.15, -0.1) is 0 Å². The van der Waals surface area contributed by atoms with Gasteiger partial charge in [0.25, 0.3) is 5.56 Å². The van der Waals surface area contributed by atoms with Gasteiger partial charge in [0, 0.05) is 22.2 Å². The van der Waals surface area contributed by atoms with Gasteiger partial charge in [0.15, 0.2) is 0 Å². The smallest absolute Gasteiger partial charge is 0.312 e. The van der Waals surface area contributed by atoms with Gasteiger partial charge in [-0.05, 0) is 24.6 Å². The molecule has 1 aromatic carbocycles. The van der Waals surface area contributed by atoms with Crippen LogP contribution in [0.15, 0.2) is 39.6 Å². The van der Waals surface area contributed by atoms with Gasteiger partial charge < -0.3 is 9.72 Å². The van der Waals surface area contributed by atoms with Crippen LogP contribution in [0.4, 0.5) is 0 Å². The van der Waals surface area contributed by atoms with Crippen LogP contribution in [0.25, 0.3) is 0 Å². The summed E-state index contributed by atoms with van der Waals surface area (Å²) in [6.45, 7) is 1.76. The fourth-order valence-corrected chi connectivity index (χ4v) is 2.94. The second-order valence-corrected chi connectivity index (χ2v) is 5.76. The van der Waals surface area contributed by atoms with Crippen LogP contribution < -0.4 is 10.3 Å². The van der Waals surface area contributed by atoms with Crippen molar-refractivity contribution in [1.29, 1.82) is 0 Å². The lowest BCUT2D eigenvalue weighted by molar-refractivity contribution is -0.135. The van der Waals surface area contributed by atoms with Crippen LogP contribution in [0, 0.1) is 6.92 Å². The Morgan fingerprint density at radius 2 is 2.10 bits per heavy atom. The van der Waals surface area contributed by atoms with Gasteiger partial charge in [-0.25, -0.2) is 0 Å². The van der Waals surface area contributed by atoms with Crippen molar-refractivity contribution in [3.8, 4) is 5.75 Å². The number of nitrogens with one attached hydrogen (secondary N) is 1. The molecule has 20 heavy (non-hydrogen) atoms. The number of esters is 1. The lowest BCUT2D eigenvalue weighted by atomic mass is 9.87. The number of aromatic amines is 1. The maximum Gasteiger partial charge on any atom is 0.312 e. The Hall–Kier alpha value is -1.88. The molecule has 102 valence electrons. The number of halogens is 1. The number of hydrogen-bond donors (Lipinski definition) is 1. The highest BCUT2D eigenvalue weighted by molar-refractivity contribution is 9.10. The first-order valence-corrected chi connectivity index (χ1v) is 7.04. The number of carbonyl (C=O) groups excluding carboxylic acids is 1. The summed E-state index contributed by atoms with van der Waals surface area (Å²) in [5.74, 6) is -0.215. The molecule has 3 rings (SSSR count). The standard InChI is InChI=1S/C15H12BrNO3/c1-8-5-12-14(15(19)17-8)11(7-13(18)20-12)9-3-2-4-10(16)6-9/h2-6,11H,7H2,1H3,(H,17,19)/t11-/m0/s1. The van der Waals surface area contributed by atoms with Crippen molar-refractivity contribution in [2.75, 3.05) is 0 Å². The largest absolute Gasteiger partial charge is 0.426 e. The second kappa shape index (κ2) is 4.90. The first-order valence-electron chi connectivity index (χ1n) is 6.24. The molecule has 0 spiro atoms. The molecule has 1 atom stereocenters. The minimum Gasteiger partial charge on any atom is -0.426 e. The second-order valence-electron chi connectivity index (χ2n) is 4.85. The van der Waals surface area contributed by atoms with Crippen LogP contribution in [0.1, 0.15) is 29.2 Å². The van der Waals surface area contributed by atoms with E-state index < -0.39 is 0 Å².